The molecule has 0 radical (unpaired) electrons. The summed E-state index contributed by atoms with van der Waals surface area (Å²) in [7, 11) is 2.11. The van der Waals surface area contributed by atoms with Crippen molar-refractivity contribution < 1.29 is 4.79 Å². The number of anilines is 1. The van der Waals surface area contributed by atoms with Crippen LogP contribution in [0.2, 0.25) is 0 Å². The largest absolute Gasteiger partial charge is 0.373 e. The number of nitrogens with two attached hydrogens (primary N) is 1. The van der Waals surface area contributed by atoms with Crippen LogP contribution >= 0.6 is 0 Å². The molecule has 3 rings (SSSR count). The molecule has 0 unspecified atom stereocenters. The third-order valence-corrected chi connectivity index (χ3v) is 5.70. The number of benzene rings is 1. The zero-order valence-corrected chi connectivity index (χ0v) is 14.3. The number of fused-ring (bicyclic) bond motifs is 1. The summed E-state index contributed by atoms with van der Waals surface area (Å²) in [5.74, 6) is 0.280. The molecule has 0 spiro atoms. The molecule has 1 aromatic rings. The fourth-order valence-electron chi connectivity index (χ4n) is 4.09. The van der Waals surface area contributed by atoms with E-state index in [0.717, 1.165) is 32.5 Å². The molecule has 1 aliphatic carbocycles. The van der Waals surface area contributed by atoms with Gasteiger partial charge in [0.05, 0.1) is 0 Å². The molecule has 1 saturated carbocycles. The van der Waals surface area contributed by atoms with Crippen LogP contribution in [0.15, 0.2) is 24.3 Å². The monoisotopic (exact) mass is 315 g/mol. The zero-order chi connectivity index (χ0) is 16.3. The van der Waals surface area contributed by atoms with E-state index in [0.29, 0.717) is 13.0 Å². The van der Waals surface area contributed by atoms with Crippen molar-refractivity contribution in [3.63, 3.8) is 0 Å². The summed E-state index contributed by atoms with van der Waals surface area (Å²) in [5, 5.41) is 0. The Kier molecular flexibility index (Phi) is 4.90. The van der Waals surface area contributed by atoms with E-state index in [1.807, 2.05) is 4.90 Å². The van der Waals surface area contributed by atoms with Gasteiger partial charge in [0.15, 0.2) is 0 Å². The van der Waals surface area contributed by atoms with Crippen molar-refractivity contribution in [1.82, 2.24) is 4.90 Å². The maximum absolute atomic E-state index is 13.0. The van der Waals surface area contributed by atoms with E-state index < -0.39 is 0 Å². The number of hydrogen-bond donors (Lipinski definition) is 1. The summed E-state index contributed by atoms with van der Waals surface area (Å²) < 4.78 is 0. The third kappa shape index (κ3) is 3.52. The Hall–Kier alpha value is -1.55. The molecule has 23 heavy (non-hydrogen) atoms. The van der Waals surface area contributed by atoms with Crippen molar-refractivity contribution in [3.8, 4) is 0 Å². The normalized spacial score (nSPS) is 20.8. The molecule has 2 aliphatic rings. The average molecular weight is 315 g/mol. The highest BCUT2D eigenvalue weighted by molar-refractivity contribution is 5.77. The van der Waals surface area contributed by atoms with Crippen molar-refractivity contribution in [1.29, 1.82) is 0 Å². The summed E-state index contributed by atoms with van der Waals surface area (Å²) in [4.78, 5) is 17.2. The van der Waals surface area contributed by atoms with E-state index in [4.69, 9.17) is 5.73 Å². The lowest BCUT2D eigenvalue weighted by Gasteiger charge is -2.37. The van der Waals surface area contributed by atoms with Gasteiger partial charge in [0.1, 0.15) is 0 Å². The number of amides is 1. The van der Waals surface area contributed by atoms with E-state index in [2.05, 4.69) is 36.2 Å². The number of para-hydroxylation sites is 1. The number of nitrogens with zero attached hydrogens (tertiary/aromatic N) is 2. The van der Waals surface area contributed by atoms with Crippen LogP contribution < -0.4 is 10.6 Å². The van der Waals surface area contributed by atoms with Crippen LogP contribution in [0.4, 0.5) is 5.69 Å². The van der Waals surface area contributed by atoms with Crippen LogP contribution in [0.3, 0.4) is 0 Å². The summed E-state index contributed by atoms with van der Waals surface area (Å²) >= 11 is 0. The topological polar surface area (TPSA) is 49.6 Å². The predicted octanol–water partition coefficient (Wildman–Crippen LogP) is 2.76. The lowest BCUT2D eigenvalue weighted by atomic mass is 9.71. The van der Waals surface area contributed by atoms with Crippen molar-refractivity contribution in [2.45, 2.75) is 45.1 Å². The van der Waals surface area contributed by atoms with Gasteiger partial charge in [-0.1, -0.05) is 37.5 Å². The Morgan fingerprint density at radius 2 is 1.91 bits per heavy atom. The zero-order valence-electron chi connectivity index (χ0n) is 14.3. The second-order valence-corrected chi connectivity index (χ2v) is 7.31. The van der Waals surface area contributed by atoms with Crippen LogP contribution in [0.1, 0.15) is 44.1 Å². The molecule has 0 saturated heterocycles. The van der Waals surface area contributed by atoms with E-state index in [1.165, 1.54) is 30.5 Å². The van der Waals surface area contributed by atoms with E-state index in [9.17, 15) is 4.79 Å². The smallest absolute Gasteiger partial charge is 0.223 e. The highest BCUT2D eigenvalue weighted by atomic mass is 16.2. The van der Waals surface area contributed by atoms with Gasteiger partial charge in [0, 0.05) is 38.8 Å². The van der Waals surface area contributed by atoms with Gasteiger partial charge >= 0.3 is 0 Å². The van der Waals surface area contributed by atoms with Crippen LogP contribution in [-0.4, -0.2) is 37.5 Å². The third-order valence-electron chi connectivity index (χ3n) is 5.70. The highest BCUT2D eigenvalue weighted by Crippen LogP contribution is 2.39. The summed E-state index contributed by atoms with van der Waals surface area (Å²) in [6.07, 6.45) is 6.57. The molecule has 0 bridgehead atoms. The van der Waals surface area contributed by atoms with Gasteiger partial charge in [-0.2, -0.15) is 0 Å². The quantitative estimate of drug-likeness (QED) is 0.933. The van der Waals surface area contributed by atoms with Crippen LogP contribution in [0.5, 0.6) is 0 Å². The van der Waals surface area contributed by atoms with Crippen molar-refractivity contribution in [2.75, 3.05) is 31.6 Å². The van der Waals surface area contributed by atoms with Crippen LogP contribution in [0, 0.1) is 5.41 Å². The molecule has 126 valence electrons. The molecule has 0 aromatic heterocycles. The fourth-order valence-corrected chi connectivity index (χ4v) is 4.09. The second kappa shape index (κ2) is 6.91. The maximum atomic E-state index is 13.0. The lowest BCUT2D eigenvalue weighted by Crippen LogP contribution is -2.41. The van der Waals surface area contributed by atoms with Gasteiger partial charge in [-0.15, -0.1) is 0 Å². The van der Waals surface area contributed by atoms with Crippen molar-refractivity contribution >= 4 is 11.6 Å². The fraction of sp³-hybridized carbons (Fsp3) is 0.632. The number of carbonyl (C=O) groups is 1. The molecule has 2 N–H and O–H groups in total. The first-order valence-corrected chi connectivity index (χ1v) is 8.90. The molecule has 1 heterocycles. The minimum atomic E-state index is 0.0487. The molecule has 0 atom stereocenters. The molecular weight excluding hydrogens is 286 g/mol. The van der Waals surface area contributed by atoms with E-state index >= 15 is 0 Å². The van der Waals surface area contributed by atoms with Gasteiger partial charge < -0.3 is 15.5 Å². The molecule has 1 amide bonds. The first-order valence-electron chi connectivity index (χ1n) is 8.90. The number of hydrogen-bond acceptors (Lipinski definition) is 3. The predicted molar refractivity (Wildman–Crippen MR) is 94.3 cm³/mol. The summed E-state index contributed by atoms with van der Waals surface area (Å²) in [5.41, 5.74) is 8.60. The first kappa shape index (κ1) is 16.3. The van der Waals surface area contributed by atoms with Crippen molar-refractivity contribution in [3.05, 3.63) is 29.8 Å². The maximum Gasteiger partial charge on any atom is 0.223 e. The Balaban J connectivity index is 1.73. The standard InChI is InChI=1S/C19H29N3O/c1-21-11-12-22(14-16-7-3-4-8-17(16)21)18(23)13-19(15-20)9-5-2-6-10-19/h3-4,7-8H,2,5-6,9-15,20H2,1H3. The van der Waals surface area contributed by atoms with Crippen molar-refractivity contribution in [2.24, 2.45) is 11.1 Å². The molecule has 1 aliphatic heterocycles. The Morgan fingerprint density at radius 3 is 2.65 bits per heavy atom. The summed E-state index contributed by atoms with van der Waals surface area (Å²) in [6.45, 7) is 3.05. The molecule has 4 heteroatoms. The van der Waals surface area contributed by atoms with Gasteiger partial charge in [0.2, 0.25) is 5.91 Å². The van der Waals surface area contributed by atoms with Gasteiger partial charge in [-0.25, -0.2) is 0 Å². The Morgan fingerprint density at radius 1 is 1.17 bits per heavy atom. The highest BCUT2D eigenvalue weighted by Gasteiger charge is 2.35. The first-order chi connectivity index (χ1) is 11.1. The van der Waals surface area contributed by atoms with E-state index in [-0.39, 0.29) is 11.3 Å². The second-order valence-electron chi connectivity index (χ2n) is 7.31. The number of rotatable bonds is 3. The molecule has 1 aromatic carbocycles. The molecule has 1 fully saturated rings. The van der Waals surface area contributed by atoms with Crippen LogP contribution in [-0.2, 0) is 11.3 Å². The Bertz CT molecular complexity index is 551. The lowest BCUT2D eigenvalue weighted by molar-refractivity contribution is -0.134. The minimum Gasteiger partial charge on any atom is -0.373 e. The Labute approximate surface area is 139 Å². The summed E-state index contributed by atoms with van der Waals surface area (Å²) in [6, 6.07) is 8.41. The van der Waals surface area contributed by atoms with Gasteiger partial charge in [-0.3, -0.25) is 4.79 Å². The number of likely N-dealkylation sites (N-methyl/N-ethyl adjacent to an activating group) is 1. The average Bonchev–Trinajstić information content (AvgIpc) is 2.75. The van der Waals surface area contributed by atoms with Gasteiger partial charge in [-0.05, 0) is 36.4 Å². The van der Waals surface area contributed by atoms with E-state index in [1.54, 1.807) is 0 Å². The van der Waals surface area contributed by atoms with Gasteiger partial charge in [0.25, 0.3) is 0 Å². The molecule has 4 nitrogen and oxygen atoms in total. The number of carbonyl (C=O) groups excluding carboxylic acids is 1. The SMILES string of the molecule is CN1CCN(C(=O)CC2(CN)CCCCC2)Cc2ccccc21. The molecular formula is C19H29N3O. The van der Waals surface area contributed by atoms with Crippen LogP contribution in [0.25, 0.3) is 0 Å². The minimum absolute atomic E-state index is 0.0487.